The third-order valence-electron chi connectivity index (χ3n) is 5.21. The second-order valence-electron chi connectivity index (χ2n) is 7.07. The number of nitrogens with zero attached hydrogens (tertiary/aromatic N) is 2. The molecule has 0 aliphatic heterocycles. The lowest BCUT2D eigenvalue weighted by Crippen LogP contribution is -2.24. The number of hydrogen-bond acceptors (Lipinski definition) is 3. The molecule has 0 radical (unpaired) electrons. The molecule has 0 fully saturated rings. The monoisotopic (exact) mass is 380 g/mol. The van der Waals surface area contributed by atoms with Crippen molar-refractivity contribution in [3.8, 4) is 5.69 Å². The highest BCUT2D eigenvalue weighted by Crippen LogP contribution is 2.26. The molecule has 2 heterocycles. The van der Waals surface area contributed by atoms with Crippen LogP contribution in [0.4, 0.5) is 4.39 Å². The van der Waals surface area contributed by atoms with Gasteiger partial charge in [0.25, 0.3) is 5.91 Å². The summed E-state index contributed by atoms with van der Waals surface area (Å²) in [5.74, 6) is 0.0989. The Labute approximate surface area is 161 Å². The Morgan fingerprint density at radius 1 is 1.32 bits per heavy atom. The van der Waals surface area contributed by atoms with E-state index in [0.717, 1.165) is 18.5 Å². The maximum atomic E-state index is 14.5. The maximum absolute atomic E-state index is 14.5. The second-order valence-corrected chi connectivity index (χ2v) is 7.07. The molecule has 28 heavy (non-hydrogen) atoms. The van der Waals surface area contributed by atoms with Gasteiger partial charge in [0.15, 0.2) is 5.78 Å². The first kappa shape index (κ1) is 18.2. The molecule has 2 N–H and O–H groups in total. The fraction of sp³-hybridized carbons (Fsp3) is 0.286. The predicted molar refractivity (Wildman–Crippen MR) is 102 cm³/mol. The summed E-state index contributed by atoms with van der Waals surface area (Å²) in [6, 6.07) is 4.85. The predicted octanol–water partition coefficient (Wildman–Crippen LogP) is 3.41. The summed E-state index contributed by atoms with van der Waals surface area (Å²) in [6.07, 6.45) is 5.41. The standard InChI is InChI=1S/C21H21FN4O2/c1-12-19-16(4-3-5-18(19)27)25-20(12)21(28)24-11-14-6-7-17(15(22)10-14)26-9-8-23-13(26)2/h6-10,25H,3-5,11H2,1-2H3,(H,24,28). The van der Waals surface area contributed by atoms with E-state index in [2.05, 4.69) is 15.3 Å². The maximum Gasteiger partial charge on any atom is 0.268 e. The van der Waals surface area contributed by atoms with Gasteiger partial charge in [-0.05, 0) is 49.9 Å². The zero-order valence-electron chi connectivity index (χ0n) is 15.8. The number of carbonyl (C=O) groups is 2. The molecule has 1 aliphatic carbocycles. The summed E-state index contributed by atoms with van der Waals surface area (Å²) in [4.78, 5) is 31.9. The van der Waals surface area contributed by atoms with Crippen molar-refractivity contribution >= 4 is 11.7 Å². The molecule has 2 aromatic heterocycles. The van der Waals surface area contributed by atoms with Crippen LogP contribution in [0.25, 0.3) is 5.69 Å². The number of ketones is 1. The molecule has 0 unspecified atom stereocenters. The van der Waals surface area contributed by atoms with Crippen LogP contribution in [0.15, 0.2) is 30.6 Å². The van der Waals surface area contributed by atoms with Crippen LogP contribution in [0.3, 0.4) is 0 Å². The fourth-order valence-corrected chi connectivity index (χ4v) is 3.76. The number of nitrogens with one attached hydrogen (secondary N) is 2. The highest BCUT2D eigenvalue weighted by molar-refractivity contribution is 6.04. The van der Waals surface area contributed by atoms with Gasteiger partial charge in [-0.15, -0.1) is 0 Å². The van der Waals surface area contributed by atoms with E-state index < -0.39 is 0 Å². The first-order valence-electron chi connectivity index (χ1n) is 9.27. The highest BCUT2D eigenvalue weighted by Gasteiger charge is 2.26. The summed E-state index contributed by atoms with van der Waals surface area (Å²) in [5.41, 5.74) is 3.65. The molecular formula is C21H21FN4O2. The van der Waals surface area contributed by atoms with Crippen molar-refractivity contribution in [3.05, 3.63) is 70.3 Å². The Balaban J connectivity index is 1.49. The molecule has 1 amide bonds. The molecule has 0 saturated heterocycles. The number of halogens is 1. The minimum Gasteiger partial charge on any atom is -0.354 e. The molecule has 0 spiro atoms. The Hall–Kier alpha value is -3.22. The number of Topliss-reactive ketones (excluding diaryl/α,β-unsaturated/α-hetero) is 1. The molecule has 3 aromatic rings. The van der Waals surface area contributed by atoms with Crippen LogP contribution in [0.1, 0.15) is 56.3 Å². The molecule has 0 bridgehead atoms. The summed E-state index contributed by atoms with van der Waals surface area (Å²) >= 11 is 0. The number of H-pyrrole nitrogens is 1. The van der Waals surface area contributed by atoms with Gasteiger partial charge in [0.1, 0.15) is 17.3 Å². The summed E-state index contributed by atoms with van der Waals surface area (Å²) in [6.45, 7) is 3.78. The van der Waals surface area contributed by atoms with Gasteiger partial charge in [-0.1, -0.05) is 6.07 Å². The highest BCUT2D eigenvalue weighted by atomic mass is 19.1. The van der Waals surface area contributed by atoms with Crippen LogP contribution in [-0.4, -0.2) is 26.2 Å². The Kier molecular flexibility index (Phi) is 4.58. The van der Waals surface area contributed by atoms with E-state index in [4.69, 9.17) is 0 Å². The first-order valence-corrected chi connectivity index (χ1v) is 9.27. The van der Waals surface area contributed by atoms with Gasteiger partial charge >= 0.3 is 0 Å². The van der Waals surface area contributed by atoms with Crippen molar-refractivity contribution in [2.24, 2.45) is 0 Å². The number of aromatic amines is 1. The van der Waals surface area contributed by atoms with Crippen LogP contribution >= 0.6 is 0 Å². The third-order valence-corrected chi connectivity index (χ3v) is 5.21. The number of aryl methyl sites for hydroxylation is 2. The van der Waals surface area contributed by atoms with Crippen molar-refractivity contribution in [2.75, 3.05) is 0 Å². The molecule has 4 rings (SSSR count). The van der Waals surface area contributed by atoms with Gasteiger partial charge in [0.2, 0.25) is 0 Å². The number of imidazole rings is 1. The average Bonchev–Trinajstić information content (AvgIpc) is 3.24. The molecular weight excluding hydrogens is 359 g/mol. The molecule has 1 aromatic carbocycles. The van der Waals surface area contributed by atoms with Crippen LogP contribution in [0.2, 0.25) is 0 Å². The Bertz CT molecular complexity index is 1080. The molecule has 1 aliphatic rings. The SMILES string of the molecule is Cc1c(C(=O)NCc2ccc(-n3ccnc3C)c(F)c2)[nH]c2c1C(=O)CCC2. The number of hydrogen-bond donors (Lipinski definition) is 2. The molecule has 7 heteroatoms. The topological polar surface area (TPSA) is 79.8 Å². The van der Waals surface area contributed by atoms with E-state index in [1.807, 2.05) is 0 Å². The van der Waals surface area contributed by atoms with Crippen LogP contribution in [0.5, 0.6) is 0 Å². The normalized spacial score (nSPS) is 13.5. The molecule has 144 valence electrons. The number of carbonyl (C=O) groups excluding carboxylic acids is 2. The van der Waals surface area contributed by atoms with E-state index in [-0.39, 0.29) is 24.1 Å². The average molecular weight is 380 g/mol. The van der Waals surface area contributed by atoms with Gasteiger partial charge < -0.3 is 14.9 Å². The van der Waals surface area contributed by atoms with Gasteiger partial charge in [-0.25, -0.2) is 9.37 Å². The van der Waals surface area contributed by atoms with Crippen molar-refractivity contribution in [2.45, 2.75) is 39.7 Å². The second kappa shape index (κ2) is 7.07. The van der Waals surface area contributed by atoms with Crippen molar-refractivity contribution in [1.29, 1.82) is 0 Å². The van der Waals surface area contributed by atoms with E-state index in [9.17, 15) is 14.0 Å². The van der Waals surface area contributed by atoms with Crippen molar-refractivity contribution in [3.63, 3.8) is 0 Å². The molecule has 6 nitrogen and oxygen atoms in total. The van der Waals surface area contributed by atoms with Gasteiger partial charge in [-0.2, -0.15) is 0 Å². The van der Waals surface area contributed by atoms with E-state index >= 15 is 0 Å². The van der Waals surface area contributed by atoms with E-state index in [1.54, 1.807) is 42.9 Å². The number of benzene rings is 1. The molecule has 0 saturated carbocycles. The zero-order valence-corrected chi connectivity index (χ0v) is 15.8. The quantitative estimate of drug-likeness (QED) is 0.728. The Morgan fingerprint density at radius 2 is 2.14 bits per heavy atom. The minimum atomic E-state index is -0.384. The molecule has 0 atom stereocenters. The van der Waals surface area contributed by atoms with Crippen LogP contribution in [0, 0.1) is 19.7 Å². The van der Waals surface area contributed by atoms with Gasteiger partial charge in [-0.3, -0.25) is 9.59 Å². The Morgan fingerprint density at radius 3 is 2.82 bits per heavy atom. The van der Waals surface area contributed by atoms with E-state index in [0.29, 0.717) is 40.3 Å². The number of aromatic nitrogens is 3. The van der Waals surface area contributed by atoms with E-state index in [1.165, 1.54) is 6.07 Å². The number of fused-ring (bicyclic) bond motifs is 1. The van der Waals surface area contributed by atoms with Gasteiger partial charge in [0.05, 0.1) is 5.69 Å². The summed E-state index contributed by atoms with van der Waals surface area (Å²) < 4.78 is 16.2. The number of amides is 1. The number of rotatable bonds is 4. The minimum absolute atomic E-state index is 0.0847. The summed E-state index contributed by atoms with van der Waals surface area (Å²) in [7, 11) is 0. The van der Waals surface area contributed by atoms with Crippen LogP contribution in [-0.2, 0) is 13.0 Å². The first-order chi connectivity index (χ1) is 13.5. The smallest absolute Gasteiger partial charge is 0.268 e. The zero-order chi connectivity index (χ0) is 19.8. The van der Waals surface area contributed by atoms with Crippen molar-refractivity contribution in [1.82, 2.24) is 19.9 Å². The van der Waals surface area contributed by atoms with Gasteiger partial charge in [0, 0.05) is 36.6 Å². The third kappa shape index (κ3) is 3.13. The fourth-order valence-electron chi connectivity index (χ4n) is 3.76. The largest absolute Gasteiger partial charge is 0.354 e. The lowest BCUT2D eigenvalue weighted by molar-refractivity contribution is 0.0944. The van der Waals surface area contributed by atoms with Crippen LogP contribution < -0.4 is 5.32 Å². The lowest BCUT2D eigenvalue weighted by atomic mass is 9.94. The lowest BCUT2D eigenvalue weighted by Gasteiger charge is -2.10. The van der Waals surface area contributed by atoms with Crippen molar-refractivity contribution < 1.29 is 14.0 Å². The summed E-state index contributed by atoms with van der Waals surface area (Å²) in [5, 5.41) is 2.81.